The molecular weight excluding hydrogens is 273 g/mol. The number of aryl methyl sites for hydroxylation is 1. The zero-order chi connectivity index (χ0) is 13.1. The van der Waals surface area contributed by atoms with E-state index in [4.69, 9.17) is 5.11 Å². The molecule has 1 aromatic rings. The molecule has 0 bridgehead atoms. The van der Waals surface area contributed by atoms with Crippen LogP contribution in [0.3, 0.4) is 0 Å². The Morgan fingerprint density at radius 2 is 1.89 bits per heavy atom. The van der Waals surface area contributed by atoms with E-state index in [9.17, 15) is 23.1 Å². The molecular formula is C9H10NNaO6S. The van der Waals surface area contributed by atoms with Crippen molar-refractivity contribution in [2.75, 3.05) is 5.75 Å². The Morgan fingerprint density at radius 3 is 2.33 bits per heavy atom. The van der Waals surface area contributed by atoms with Gasteiger partial charge in [-0.3, -0.25) is 10.1 Å². The molecule has 0 heterocycles. The Kier molecular flexibility index (Phi) is 6.97. The van der Waals surface area contributed by atoms with Gasteiger partial charge in [-0.1, -0.05) is 0 Å². The Morgan fingerprint density at radius 1 is 1.28 bits per heavy atom. The molecule has 0 saturated heterocycles. The van der Waals surface area contributed by atoms with Gasteiger partial charge in [0.1, 0.15) is 0 Å². The van der Waals surface area contributed by atoms with Crippen LogP contribution in [0.2, 0.25) is 0 Å². The molecule has 94 valence electrons. The monoisotopic (exact) mass is 283 g/mol. The number of nitrogens with zero attached hydrogens (tertiary/aromatic N) is 1. The fourth-order valence-electron chi connectivity index (χ4n) is 1.35. The van der Waals surface area contributed by atoms with E-state index < -0.39 is 20.8 Å². The Balaban J connectivity index is 0.00000289. The predicted molar refractivity (Wildman–Crippen MR) is 57.3 cm³/mol. The quantitative estimate of drug-likeness (QED) is 0.269. The van der Waals surface area contributed by atoms with Crippen LogP contribution in [0.15, 0.2) is 18.2 Å². The van der Waals surface area contributed by atoms with Gasteiger partial charge in [-0.2, -0.15) is 0 Å². The summed E-state index contributed by atoms with van der Waals surface area (Å²) in [5.74, 6) is -0.652. The minimum atomic E-state index is -4.38. The third-order valence-electron chi connectivity index (χ3n) is 2.19. The molecule has 0 unspecified atom stereocenters. The maximum absolute atomic E-state index is 10.5. The summed E-state index contributed by atoms with van der Waals surface area (Å²) < 4.78 is 31.4. The van der Waals surface area contributed by atoms with Crippen molar-refractivity contribution in [2.24, 2.45) is 0 Å². The predicted octanol–water partition coefficient (Wildman–Crippen LogP) is -2.82. The van der Waals surface area contributed by atoms with Crippen molar-refractivity contribution >= 4 is 15.8 Å². The van der Waals surface area contributed by atoms with Crippen LogP contribution < -0.4 is 29.6 Å². The zero-order valence-corrected chi connectivity index (χ0v) is 12.5. The van der Waals surface area contributed by atoms with Crippen LogP contribution in [0.4, 0.5) is 5.69 Å². The van der Waals surface area contributed by atoms with Gasteiger partial charge in [0.05, 0.1) is 21.6 Å². The summed E-state index contributed by atoms with van der Waals surface area (Å²) in [6.45, 7) is -0.369. The van der Waals surface area contributed by atoms with Gasteiger partial charge in [0.2, 0.25) is 0 Å². The normalized spacial score (nSPS) is 10.8. The topological polar surface area (TPSA) is 121 Å². The maximum atomic E-state index is 10.5. The van der Waals surface area contributed by atoms with Gasteiger partial charge in [-0.25, -0.2) is 8.42 Å². The average Bonchev–Trinajstić information content (AvgIpc) is 2.24. The zero-order valence-electron chi connectivity index (χ0n) is 9.70. The SMILES string of the molecule is O=[N+]([O-])c1ccc(CO)c(CCS(=O)(=O)[O-])c1.[Na+]. The van der Waals surface area contributed by atoms with Crippen LogP contribution in [-0.4, -0.2) is 28.8 Å². The Bertz CT molecular complexity index is 530. The first-order valence-electron chi connectivity index (χ1n) is 4.64. The largest absolute Gasteiger partial charge is 1.00 e. The van der Waals surface area contributed by atoms with Crippen molar-refractivity contribution in [1.82, 2.24) is 0 Å². The molecule has 0 aliphatic carbocycles. The number of non-ortho nitro benzene ring substituents is 1. The summed E-state index contributed by atoms with van der Waals surface area (Å²) >= 11 is 0. The van der Waals surface area contributed by atoms with Gasteiger partial charge in [0, 0.05) is 17.9 Å². The summed E-state index contributed by atoms with van der Waals surface area (Å²) in [4.78, 5) is 9.89. The van der Waals surface area contributed by atoms with Crippen LogP contribution in [0.5, 0.6) is 0 Å². The molecule has 1 N–H and O–H groups in total. The number of benzene rings is 1. The van der Waals surface area contributed by atoms with Crippen molar-refractivity contribution in [1.29, 1.82) is 0 Å². The van der Waals surface area contributed by atoms with Crippen molar-refractivity contribution < 1.29 is 52.6 Å². The van der Waals surface area contributed by atoms with E-state index in [1.165, 1.54) is 12.1 Å². The molecule has 9 heteroatoms. The van der Waals surface area contributed by atoms with Crippen LogP contribution in [0.1, 0.15) is 11.1 Å². The summed E-state index contributed by atoms with van der Waals surface area (Å²) in [7, 11) is -4.38. The summed E-state index contributed by atoms with van der Waals surface area (Å²) in [6, 6.07) is 3.71. The summed E-state index contributed by atoms with van der Waals surface area (Å²) in [5, 5.41) is 19.5. The van der Waals surface area contributed by atoms with Gasteiger partial charge in [-0.15, -0.1) is 0 Å². The van der Waals surface area contributed by atoms with Crippen LogP contribution in [0, 0.1) is 10.1 Å². The molecule has 0 saturated carbocycles. The molecule has 1 aromatic carbocycles. The molecule has 0 amide bonds. The van der Waals surface area contributed by atoms with E-state index >= 15 is 0 Å². The second kappa shape index (κ2) is 7.17. The third kappa shape index (κ3) is 5.42. The molecule has 0 aliphatic rings. The van der Waals surface area contributed by atoms with Crippen LogP contribution >= 0.6 is 0 Å². The van der Waals surface area contributed by atoms with Gasteiger partial charge in [0.25, 0.3) is 5.69 Å². The van der Waals surface area contributed by atoms with E-state index in [-0.39, 0.29) is 48.3 Å². The Hall–Kier alpha value is -0.510. The Labute approximate surface area is 126 Å². The van der Waals surface area contributed by atoms with Crippen molar-refractivity contribution in [3.8, 4) is 0 Å². The van der Waals surface area contributed by atoms with Crippen molar-refractivity contribution in [3.05, 3.63) is 39.4 Å². The van der Waals surface area contributed by atoms with E-state index in [1.54, 1.807) is 0 Å². The molecule has 0 fully saturated rings. The number of aliphatic hydroxyl groups is 1. The molecule has 0 atom stereocenters. The number of rotatable bonds is 5. The average molecular weight is 283 g/mol. The fourth-order valence-corrected chi connectivity index (χ4v) is 1.82. The molecule has 0 spiro atoms. The smallest absolute Gasteiger partial charge is 0.748 e. The van der Waals surface area contributed by atoms with Gasteiger partial charge in [-0.05, 0) is 23.6 Å². The van der Waals surface area contributed by atoms with E-state index in [0.717, 1.165) is 6.07 Å². The first-order chi connectivity index (χ1) is 7.83. The molecule has 18 heavy (non-hydrogen) atoms. The van der Waals surface area contributed by atoms with Gasteiger partial charge < -0.3 is 9.66 Å². The van der Waals surface area contributed by atoms with E-state index in [2.05, 4.69) is 0 Å². The van der Waals surface area contributed by atoms with E-state index in [0.29, 0.717) is 11.1 Å². The number of nitro groups is 1. The summed E-state index contributed by atoms with van der Waals surface area (Å²) in [6.07, 6.45) is -0.149. The van der Waals surface area contributed by atoms with Crippen LogP contribution in [-0.2, 0) is 23.1 Å². The number of aliphatic hydroxyl groups excluding tert-OH is 1. The second-order valence-electron chi connectivity index (χ2n) is 3.38. The molecule has 1 rings (SSSR count). The first-order valence-corrected chi connectivity index (χ1v) is 6.22. The minimum Gasteiger partial charge on any atom is -0.748 e. The van der Waals surface area contributed by atoms with Crippen molar-refractivity contribution in [3.63, 3.8) is 0 Å². The van der Waals surface area contributed by atoms with Crippen LogP contribution in [0.25, 0.3) is 0 Å². The maximum Gasteiger partial charge on any atom is 1.00 e. The van der Waals surface area contributed by atoms with Crippen molar-refractivity contribution in [2.45, 2.75) is 13.0 Å². The molecule has 7 nitrogen and oxygen atoms in total. The minimum absolute atomic E-state index is 0. The number of hydrogen-bond donors (Lipinski definition) is 1. The second-order valence-corrected chi connectivity index (χ2v) is 4.90. The fraction of sp³-hybridized carbons (Fsp3) is 0.333. The third-order valence-corrected chi connectivity index (χ3v) is 2.90. The molecule has 0 aliphatic heterocycles. The van der Waals surface area contributed by atoms with Gasteiger partial charge in [0.15, 0.2) is 0 Å². The first kappa shape index (κ1) is 17.5. The molecule has 0 aromatic heterocycles. The number of nitro benzene ring substituents is 1. The van der Waals surface area contributed by atoms with E-state index in [1.807, 2.05) is 0 Å². The summed E-state index contributed by atoms with van der Waals surface area (Å²) in [5.41, 5.74) is 0.459. The number of hydrogen-bond acceptors (Lipinski definition) is 6. The molecule has 0 radical (unpaired) electrons. The standard InChI is InChI=1S/C9H11NO6S.Na/c11-6-8-1-2-9(10(12)13)5-7(8)3-4-17(14,15)16;/h1-2,5,11H,3-4,6H2,(H,14,15,16);/q;+1/p-1. The van der Waals surface area contributed by atoms with Gasteiger partial charge >= 0.3 is 29.6 Å².